The fraction of sp³-hybridized carbons (Fsp3) is 0.467. The van der Waals surface area contributed by atoms with E-state index >= 15 is 0 Å². The van der Waals surface area contributed by atoms with Gasteiger partial charge in [-0.1, -0.05) is 39.0 Å². The van der Waals surface area contributed by atoms with Crippen molar-refractivity contribution in [2.24, 2.45) is 5.41 Å². The number of hydrogen-bond acceptors (Lipinski definition) is 1. The van der Waals surface area contributed by atoms with Crippen molar-refractivity contribution in [3.8, 4) is 0 Å². The van der Waals surface area contributed by atoms with Crippen molar-refractivity contribution >= 4 is 5.57 Å². The third-order valence-corrected chi connectivity index (χ3v) is 3.40. The molecule has 17 heavy (non-hydrogen) atoms. The Labute approximate surface area is 103 Å². The first-order valence-electron chi connectivity index (χ1n) is 6.15. The maximum absolute atomic E-state index is 12.9. The molecular weight excluding hydrogens is 213 g/mol. The molecule has 0 aromatic heterocycles. The van der Waals surface area contributed by atoms with Gasteiger partial charge in [-0.15, -0.1) is 0 Å². The van der Waals surface area contributed by atoms with Gasteiger partial charge in [0, 0.05) is 12.6 Å². The molecule has 0 saturated carbocycles. The molecule has 1 aromatic rings. The third-order valence-electron chi connectivity index (χ3n) is 3.40. The Morgan fingerprint density at radius 1 is 1.18 bits per heavy atom. The molecule has 0 fully saturated rings. The van der Waals surface area contributed by atoms with Crippen LogP contribution in [0.3, 0.4) is 0 Å². The first-order valence-corrected chi connectivity index (χ1v) is 6.15. The summed E-state index contributed by atoms with van der Waals surface area (Å²) in [6.07, 6.45) is 3.21. The molecule has 0 spiro atoms. The number of benzene rings is 1. The number of rotatable bonds is 1. The molecule has 0 radical (unpaired) electrons. The summed E-state index contributed by atoms with van der Waals surface area (Å²) in [5, 5.41) is 3.52. The van der Waals surface area contributed by atoms with Gasteiger partial charge in [0.2, 0.25) is 0 Å². The average molecular weight is 233 g/mol. The van der Waals surface area contributed by atoms with Gasteiger partial charge in [-0.25, -0.2) is 4.39 Å². The normalized spacial score (nSPS) is 21.2. The molecule has 1 heterocycles. The minimum atomic E-state index is -0.171. The van der Waals surface area contributed by atoms with Gasteiger partial charge in [0.1, 0.15) is 5.82 Å². The Hall–Kier alpha value is -1.15. The van der Waals surface area contributed by atoms with Crippen molar-refractivity contribution in [1.29, 1.82) is 0 Å². The third kappa shape index (κ3) is 2.95. The second kappa shape index (κ2) is 4.61. The van der Waals surface area contributed by atoms with Crippen LogP contribution in [0.15, 0.2) is 30.3 Å². The second-order valence-corrected chi connectivity index (χ2v) is 5.77. The lowest BCUT2D eigenvalue weighted by Crippen LogP contribution is -2.42. The molecule has 1 N–H and O–H groups in total. The van der Waals surface area contributed by atoms with Crippen LogP contribution in [0.4, 0.5) is 4.39 Å². The molecule has 1 nitrogen and oxygen atoms in total. The molecule has 2 rings (SSSR count). The summed E-state index contributed by atoms with van der Waals surface area (Å²) < 4.78 is 12.9. The summed E-state index contributed by atoms with van der Waals surface area (Å²) in [4.78, 5) is 0. The minimum Gasteiger partial charge on any atom is -0.310 e. The van der Waals surface area contributed by atoms with Crippen molar-refractivity contribution in [3.05, 3.63) is 41.7 Å². The van der Waals surface area contributed by atoms with E-state index in [9.17, 15) is 4.39 Å². The van der Waals surface area contributed by atoms with E-state index in [4.69, 9.17) is 0 Å². The molecule has 92 valence electrons. The van der Waals surface area contributed by atoms with Crippen LogP contribution >= 0.6 is 0 Å². The smallest absolute Gasteiger partial charge is 0.123 e. The van der Waals surface area contributed by atoms with Gasteiger partial charge < -0.3 is 5.32 Å². The highest BCUT2D eigenvalue weighted by atomic mass is 19.1. The van der Waals surface area contributed by atoms with Crippen LogP contribution in [0.5, 0.6) is 0 Å². The Morgan fingerprint density at radius 3 is 2.41 bits per heavy atom. The summed E-state index contributed by atoms with van der Waals surface area (Å²) >= 11 is 0. The summed E-state index contributed by atoms with van der Waals surface area (Å²) in [5.74, 6) is -0.171. The van der Waals surface area contributed by atoms with Gasteiger partial charge in [-0.2, -0.15) is 0 Å². The van der Waals surface area contributed by atoms with Crippen LogP contribution in [-0.4, -0.2) is 12.6 Å². The van der Waals surface area contributed by atoms with Crippen LogP contribution in [0.1, 0.15) is 32.8 Å². The summed E-state index contributed by atoms with van der Waals surface area (Å²) in [5.41, 5.74) is 2.71. The molecule has 2 heteroatoms. The lowest BCUT2D eigenvalue weighted by Gasteiger charge is -2.35. The van der Waals surface area contributed by atoms with E-state index in [2.05, 4.69) is 32.2 Å². The summed E-state index contributed by atoms with van der Waals surface area (Å²) in [7, 11) is 0. The zero-order chi connectivity index (χ0) is 12.5. The average Bonchev–Trinajstić information content (AvgIpc) is 2.29. The molecular formula is C15H20FN. The van der Waals surface area contributed by atoms with E-state index < -0.39 is 0 Å². The van der Waals surface area contributed by atoms with E-state index in [0.717, 1.165) is 18.5 Å². The fourth-order valence-electron chi connectivity index (χ4n) is 2.21. The van der Waals surface area contributed by atoms with Crippen LogP contribution in [0.25, 0.3) is 5.57 Å². The molecule has 1 atom stereocenters. The quantitative estimate of drug-likeness (QED) is 0.781. The molecule has 1 aromatic carbocycles. The topological polar surface area (TPSA) is 12.0 Å². The monoisotopic (exact) mass is 233 g/mol. The Bertz CT molecular complexity index is 412. The second-order valence-electron chi connectivity index (χ2n) is 5.77. The van der Waals surface area contributed by atoms with Crippen LogP contribution in [-0.2, 0) is 0 Å². The van der Waals surface area contributed by atoms with Crippen molar-refractivity contribution in [2.45, 2.75) is 33.2 Å². The zero-order valence-electron chi connectivity index (χ0n) is 10.8. The first kappa shape index (κ1) is 12.3. The summed E-state index contributed by atoms with van der Waals surface area (Å²) in [6.45, 7) is 7.64. The van der Waals surface area contributed by atoms with E-state index in [0.29, 0.717) is 6.04 Å². The van der Waals surface area contributed by atoms with Crippen molar-refractivity contribution in [3.63, 3.8) is 0 Å². The number of nitrogens with one attached hydrogen (secondary N) is 1. The highest BCUT2D eigenvalue weighted by molar-refractivity contribution is 5.67. The molecule has 0 saturated heterocycles. The van der Waals surface area contributed by atoms with Gasteiger partial charge in [0.25, 0.3) is 0 Å². The van der Waals surface area contributed by atoms with Gasteiger partial charge in [0.15, 0.2) is 0 Å². The Morgan fingerprint density at radius 2 is 1.82 bits per heavy atom. The highest BCUT2D eigenvalue weighted by Gasteiger charge is 2.27. The van der Waals surface area contributed by atoms with Crippen molar-refractivity contribution in [1.82, 2.24) is 5.32 Å². The van der Waals surface area contributed by atoms with Crippen LogP contribution in [0.2, 0.25) is 0 Å². The van der Waals surface area contributed by atoms with E-state index in [1.807, 2.05) is 12.1 Å². The number of hydrogen-bond donors (Lipinski definition) is 1. The lowest BCUT2D eigenvalue weighted by molar-refractivity contribution is 0.274. The molecule has 1 aliphatic heterocycles. The Balaban J connectivity index is 2.17. The SMILES string of the molecule is CC(C)(C)C1CC(c2ccc(F)cc2)=CCN1. The largest absolute Gasteiger partial charge is 0.310 e. The van der Waals surface area contributed by atoms with Crippen LogP contribution < -0.4 is 5.32 Å². The van der Waals surface area contributed by atoms with Crippen molar-refractivity contribution in [2.75, 3.05) is 6.54 Å². The van der Waals surface area contributed by atoms with E-state index in [1.165, 1.54) is 17.7 Å². The molecule has 1 aliphatic rings. The highest BCUT2D eigenvalue weighted by Crippen LogP contribution is 2.31. The van der Waals surface area contributed by atoms with Gasteiger partial charge in [-0.3, -0.25) is 0 Å². The number of halogens is 1. The standard InChI is InChI=1S/C15H20FN/c1-15(2,3)14-10-12(8-9-17-14)11-4-6-13(16)7-5-11/h4-8,14,17H,9-10H2,1-3H3. The predicted molar refractivity (Wildman–Crippen MR) is 70.2 cm³/mol. The van der Waals surface area contributed by atoms with E-state index in [1.54, 1.807) is 0 Å². The van der Waals surface area contributed by atoms with E-state index in [-0.39, 0.29) is 11.2 Å². The van der Waals surface area contributed by atoms with Gasteiger partial charge >= 0.3 is 0 Å². The lowest BCUT2D eigenvalue weighted by atomic mass is 9.80. The minimum absolute atomic E-state index is 0.171. The molecule has 1 unspecified atom stereocenters. The molecule has 0 aliphatic carbocycles. The van der Waals surface area contributed by atoms with Crippen molar-refractivity contribution < 1.29 is 4.39 Å². The maximum atomic E-state index is 12.9. The Kier molecular flexibility index (Phi) is 3.34. The first-order chi connectivity index (χ1) is 7.97. The van der Waals surface area contributed by atoms with Gasteiger partial charge in [-0.05, 0) is 35.1 Å². The van der Waals surface area contributed by atoms with Crippen LogP contribution in [0, 0.1) is 11.2 Å². The predicted octanol–water partition coefficient (Wildman–Crippen LogP) is 3.62. The zero-order valence-corrected chi connectivity index (χ0v) is 10.8. The molecule has 0 bridgehead atoms. The summed E-state index contributed by atoms with van der Waals surface area (Å²) in [6, 6.07) is 7.28. The maximum Gasteiger partial charge on any atom is 0.123 e. The molecule has 0 amide bonds. The van der Waals surface area contributed by atoms with Gasteiger partial charge in [0.05, 0.1) is 0 Å². The fourth-order valence-corrected chi connectivity index (χ4v) is 2.21.